The fraction of sp³-hybridized carbons (Fsp3) is 0.286. The normalized spacial score (nSPS) is 19.9. The van der Waals surface area contributed by atoms with Crippen molar-refractivity contribution in [2.45, 2.75) is 25.2 Å². The van der Waals surface area contributed by atoms with Gasteiger partial charge in [0.05, 0.1) is 29.0 Å². The summed E-state index contributed by atoms with van der Waals surface area (Å²) in [5.74, 6) is -0.758. The molecule has 0 fully saturated rings. The number of aromatic nitrogens is 2. The molecule has 0 radical (unpaired) electrons. The van der Waals surface area contributed by atoms with E-state index in [2.05, 4.69) is 0 Å². The summed E-state index contributed by atoms with van der Waals surface area (Å²) in [4.78, 5) is 30.2. The molecule has 2 aromatic heterocycles. The lowest BCUT2D eigenvalue weighted by Crippen LogP contribution is -2.45. The summed E-state index contributed by atoms with van der Waals surface area (Å²) < 4.78 is 11.8. The van der Waals surface area contributed by atoms with E-state index in [4.69, 9.17) is 14.5 Å². The first-order chi connectivity index (χ1) is 13.5. The second kappa shape index (κ2) is 5.98. The smallest absolute Gasteiger partial charge is 0.343 e. The largest absolute Gasteiger partial charge is 0.458 e. The van der Waals surface area contributed by atoms with E-state index in [0.29, 0.717) is 29.1 Å². The van der Waals surface area contributed by atoms with Crippen LogP contribution in [0.4, 0.5) is 0 Å². The number of fused-ring (bicyclic) bond motifs is 5. The van der Waals surface area contributed by atoms with Crippen LogP contribution in [0.25, 0.3) is 22.3 Å². The lowest BCUT2D eigenvalue weighted by molar-refractivity contribution is -0.174. The Morgan fingerprint density at radius 3 is 2.93 bits per heavy atom. The SMILES string of the molecule is COCCC1(O)C(=O)OCc2c1cc1n(c2=O)Cc2cc3ccccc3nc2-1. The van der Waals surface area contributed by atoms with Crippen molar-refractivity contribution in [2.75, 3.05) is 13.7 Å². The average Bonchev–Trinajstić information content (AvgIpc) is 3.06. The monoisotopic (exact) mass is 378 g/mol. The number of hydrogen-bond donors (Lipinski definition) is 1. The summed E-state index contributed by atoms with van der Waals surface area (Å²) in [6, 6.07) is 11.5. The van der Waals surface area contributed by atoms with Crippen molar-refractivity contribution in [1.29, 1.82) is 0 Å². The third-order valence-electron chi connectivity index (χ3n) is 5.57. The Morgan fingerprint density at radius 1 is 1.29 bits per heavy atom. The third kappa shape index (κ3) is 2.26. The number of ether oxygens (including phenoxy) is 2. The third-order valence-corrected chi connectivity index (χ3v) is 5.57. The molecule has 0 spiro atoms. The first-order valence-electron chi connectivity index (χ1n) is 9.07. The van der Waals surface area contributed by atoms with Gasteiger partial charge in [-0.25, -0.2) is 9.78 Å². The van der Waals surface area contributed by atoms with Crippen LogP contribution < -0.4 is 5.56 Å². The molecule has 142 valence electrons. The van der Waals surface area contributed by atoms with Crippen LogP contribution in [0.3, 0.4) is 0 Å². The molecular weight excluding hydrogens is 360 g/mol. The van der Waals surface area contributed by atoms with Crippen molar-refractivity contribution in [3.63, 3.8) is 0 Å². The predicted octanol–water partition coefficient (Wildman–Crippen LogP) is 1.71. The molecule has 5 rings (SSSR count). The summed E-state index contributed by atoms with van der Waals surface area (Å²) in [6.07, 6.45) is 0.0102. The van der Waals surface area contributed by atoms with Crippen LogP contribution in [0, 0.1) is 0 Å². The minimum atomic E-state index is -1.90. The van der Waals surface area contributed by atoms with Gasteiger partial charge in [0.2, 0.25) is 0 Å². The number of aliphatic hydroxyl groups is 1. The Labute approximate surface area is 160 Å². The lowest BCUT2D eigenvalue weighted by atomic mass is 9.85. The molecule has 1 aromatic carbocycles. The average molecular weight is 378 g/mol. The van der Waals surface area contributed by atoms with Gasteiger partial charge in [-0.15, -0.1) is 0 Å². The van der Waals surface area contributed by atoms with E-state index in [9.17, 15) is 14.7 Å². The first kappa shape index (κ1) is 17.1. The van der Waals surface area contributed by atoms with Crippen molar-refractivity contribution in [3.05, 3.63) is 63.4 Å². The van der Waals surface area contributed by atoms with Gasteiger partial charge in [-0.3, -0.25) is 4.79 Å². The van der Waals surface area contributed by atoms with Gasteiger partial charge >= 0.3 is 5.97 Å². The minimum Gasteiger partial charge on any atom is -0.458 e. The summed E-state index contributed by atoms with van der Waals surface area (Å²) >= 11 is 0. The van der Waals surface area contributed by atoms with Gasteiger partial charge in [-0.05, 0) is 18.2 Å². The molecule has 7 nitrogen and oxygen atoms in total. The Morgan fingerprint density at radius 2 is 2.11 bits per heavy atom. The maximum Gasteiger partial charge on any atom is 0.343 e. The zero-order valence-corrected chi connectivity index (χ0v) is 15.3. The van der Waals surface area contributed by atoms with Crippen molar-refractivity contribution < 1.29 is 19.4 Å². The van der Waals surface area contributed by atoms with E-state index < -0.39 is 11.6 Å². The fourth-order valence-electron chi connectivity index (χ4n) is 4.08. The molecule has 28 heavy (non-hydrogen) atoms. The molecule has 1 unspecified atom stereocenters. The van der Waals surface area contributed by atoms with Crippen LogP contribution in [0.1, 0.15) is 23.1 Å². The molecule has 1 N–H and O–H groups in total. The number of methoxy groups -OCH3 is 1. The van der Waals surface area contributed by atoms with Gasteiger partial charge in [0.15, 0.2) is 5.60 Å². The van der Waals surface area contributed by atoms with E-state index in [-0.39, 0.29) is 25.2 Å². The second-order valence-corrected chi connectivity index (χ2v) is 7.18. The van der Waals surface area contributed by atoms with Gasteiger partial charge in [0.1, 0.15) is 6.61 Å². The summed E-state index contributed by atoms with van der Waals surface area (Å²) in [5.41, 5.74) is 1.50. The quantitative estimate of drug-likeness (QED) is 0.546. The molecule has 0 saturated carbocycles. The highest BCUT2D eigenvalue weighted by Gasteiger charge is 2.46. The summed E-state index contributed by atoms with van der Waals surface area (Å²) in [6.45, 7) is 0.413. The molecule has 2 aliphatic rings. The molecule has 3 aromatic rings. The minimum absolute atomic E-state index is 0.0102. The second-order valence-electron chi connectivity index (χ2n) is 7.18. The number of carbonyl (C=O) groups is 1. The molecule has 0 bridgehead atoms. The van der Waals surface area contributed by atoms with Gasteiger partial charge in [-0.2, -0.15) is 0 Å². The van der Waals surface area contributed by atoms with Crippen molar-refractivity contribution in [1.82, 2.24) is 9.55 Å². The van der Waals surface area contributed by atoms with Crippen LogP contribution in [-0.2, 0) is 33.0 Å². The molecule has 0 amide bonds. The molecule has 2 aliphatic heterocycles. The van der Waals surface area contributed by atoms with Crippen LogP contribution in [0.5, 0.6) is 0 Å². The summed E-state index contributed by atoms with van der Waals surface area (Å²) in [5, 5.41) is 12.1. The zero-order chi connectivity index (χ0) is 19.5. The predicted molar refractivity (Wildman–Crippen MR) is 101 cm³/mol. The molecular formula is C21H18N2O5. The Kier molecular flexibility index (Phi) is 3.65. The van der Waals surface area contributed by atoms with Crippen LogP contribution >= 0.6 is 0 Å². The fourth-order valence-corrected chi connectivity index (χ4v) is 4.08. The number of carbonyl (C=O) groups excluding carboxylic acids is 1. The lowest BCUT2D eigenvalue weighted by Gasteiger charge is -2.32. The standard InChI is InChI=1S/C21H18N2O5/c1-27-7-6-21(26)15-9-17-18-13(8-12-4-2-3-5-16(12)22-18)10-23(17)19(24)14(15)11-28-20(21)25/h2-5,8-9,26H,6-7,10-11H2,1H3. The van der Waals surface area contributed by atoms with E-state index in [1.54, 1.807) is 10.6 Å². The number of nitrogens with zero attached hydrogens (tertiary/aromatic N) is 2. The number of rotatable bonds is 3. The van der Waals surface area contributed by atoms with Crippen molar-refractivity contribution in [2.24, 2.45) is 0 Å². The van der Waals surface area contributed by atoms with Crippen LogP contribution in [0.15, 0.2) is 41.2 Å². The number of esters is 1. The highest BCUT2D eigenvalue weighted by atomic mass is 16.6. The summed E-state index contributed by atoms with van der Waals surface area (Å²) in [7, 11) is 1.49. The van der Waals surface area contributed by atoms with Gasteiger partial charge in [-0.1, -0.05) is 18.2 Å². The highest BCUT2D eigenvalue weighted by Crippen LogP contribution is 2.38. The zero-order valence-electron chi connectivity index (χ0n) is 15.3. The number of para-hydroxylation sites is 1. The number of cyclic esters (lactones) is 1. The maximum atomic E-state index is 13.1. The van der Waals surface area contributed by atoms with E-state index in [0.717, 1.165) is 16.5 Å². The molecule has 0 aliphatic carbocycles. The first-order valence-corrected chi connectivity index (χ1v) is 9.07. The van der Waals surface area contributed by atoms with Crippen LogP contribution in [0.2, 0.25) is 0 Å². The maximum absolute atomic E-state index is 13.1. The molecule has 7 heteroatoms. The topological polar surface area (TPSA) is 90.7 Å². The van der Waals surface area contributed by atoms with Gasteiger partial charge < -0.3 is 19.1 Å². The number of benzene rings is 1. The van der Waals surface area contributed by atoms with Crippen molar-refractivity contribution >= 4 is 16.9 Å². The van der Waals surface area contributed by atoms with Crippen LogP contribution in [-0.4, -0.2) is 34.3 Å². The highest BCUT2D eigenvalue weighted by molar-refractivity contribution is 5.86. The van der Waals surface area contributed by atoms with E-state index in [1.807, 2.05) is 30.3 Å². The van der Waals surface area contributed by atoms with E-state index in [1.165, 1.54) is 7.11 Å². The Balaban J connectivity index is 1.75. The Hall–Kier alpha value is -3.03. The van der Waals surface area contributed by atoms with Gasteiger partial charge in [0, 0.05) is 36.7 Å². The number of hydrogen-bond acceptors (Lipinski definition) is 6. The van der Waals surface area contributed by atoms with Crippen molar-refractivity contribution in [3.8, 4) is 11.4 Å². The molecule has 0 saturated heterocycles. The van der Waals surface area contributed by atoms with E-state index >= 15 is 0 Å². The van der Waals surface area contributed by atoms with Gasteiger partial charge in [0.25, 0.3) is 5.56 Å². The number of pyridine rings is 2. The Bertz CT molecular complexity index is 1200. The molecule has 1 atom stereocenters. The molecule has 4 heterocycles.